The van der Waals surface area contributed by atoms with Crippen molar-refractivity contribution in [1.29, 1.82) is 0 Å². The van der Waals surface area contributed by atoms with Crippen molar-refractivity contribution in [3.05, 3.63) is 43.5 Å². The fraction of sp³-hybridized carbons (Fsp3) is 0.905. The maximum absolute atomic E-state index is 9.83. The molecule has 0 unspecified atom stereocenters. The van der Waals surface area contributed by atoms with Crippen LogP contribution in [0.4, 0.5) is 0 Å². The average Bonchev–Trinajstić information content (AvgIpc) is 2.13. The Labute approximate surface area is 645 Å². The van der Waals surface area contributed by atoms with Crippen molar-refractivity contribution in [2.75, 3.05) is 63.8 Å². The van der Waals surface area contributed by atoms with E-state index in [9.17, 15) is 13.0 Å². The van der Waals surface area contributed by atoms with Gasteiger partial charge in [0.2, 0.25) is 0 Å². The summed E-state index contributed by atoms with van der Waals surface area (Å²) >= 11 is 3.15. The summed E-state index contributed by atoms with van der Waals surface area (Å²) in [5.74, 6) is -0.219. The zero-order valence-corrected chi connectivity index (χ0v) is 69.1. The first-order valence-corrected chi connectivity index (χ1v) is 42.2. The van der Waals surface area contributed by atoms with Crippen molar-refractivity contribution in [3.63, 3.8) is 0 Å². The number of alkyl halides is 1. The van der Waals surface area contributed by atoms with Crippen molar-refractivity contribution in [2.24, 2.45) is 0 Å². The van der Waals surface area contributed by atoms with Crippen molar-refractivity contribution in [2.45, 2.75) is 369 Å². The number of aliphatic hydroxyl groups excluding tert-OH is 3. The molecule has 1 aromatic heterocycles. The number of aromatic nitrogens is 2. The summed E-state index contributed by atoms with van der Waals surface area (Å²) in [5, 5.41) is 27.0. The average molecular weight is 1530 g/mol. The van der Waals surface area contributed by atoms with Crippen LogP contribution in [-0.2, 0) is 26.8 Å². The molecule has 0 spiro atoms. The van der Waals surface area contributed by atoms with Crippen molar-refractivity contribution >= 4 is 36.2 Å². The number of hydrogen-bond donors (Lipinski definition) is 3. The molecule has 0 radical (unpaired) electrons. The molecule has 0 saturated heterocycles. The number of nitrogens with zero attached hydrogens (tertiary/aromatic N) is 6. The van der Waals surface area contributed by atoms with Gasteiger partial charge in [0, 0.05) is 80.8 Å². The van der Waals surface area contributed by atoms with E-state index in [2.05, 4.69) is 74.6 Å². The topological polar surface area (TPSA) is 206 Å². The Balaban J connectivity index is -0.000000268. The van der Waals surface area contributed by atoms with E-state index in [4.69, 9.17) is 28.3 Å². The van der Waals surface area contributed by atoms with Crippen LogP contribution in [0.15, 0.2) is 43.5 Å². The van der Waals surface area contributed by atoms with E-state index < -0.39 is 20.2 Å². The first-order chi connectivity index (χ1) is 44.1. The van der Waals surface area contributed by atoms with Gasteiger partial charge in [-0.15, -0.1) is 0 Å². The zero-order chi connectivity index (χ0) is 67.7. The second kappa shape index (κ2) is 85.6. The number of hydrogen-bond acceptors (Lipinski definition) is 14. The third-order valence-electron chi connectivity index (χ3n) is 16.5. The summed E-state index contributed by atoms with van der Waals surface area (Å²) in [6.07, 6.45) is 85.2. The Bertz CT molecular complexity index is 1760. The van der Waals surface area contributed by atoms with Gasteiger partial charge in [-0.3, -0.25) is 0 Å². The third kappa shape index (κ3) is 94.2. The van der Waals surface area contributed by atoms with Crippen molar-refractivity contribution < 1.29 is 110 Å². The van der Waals surface area contributed by atoms with Gasteiger partial charge < -0.3 is 65.6 Å². The predicted molar refractivity (Wildman–Crippen MR) is 397 cm³/mol. The van der Waals surface area contributed by atoms with Crippen LogP contribution in [0.2, 0.25) is 0 Å². The maximum atomic E-state index is 9.83. The summed E-state index contributed by atoms with van der Waals surface area (Å²) < 4.78 is 58.9. The first-order valence-electron chi connectivity index (χ1n) is 37.7. The molecule has 0 bridgehead atoms. The van der Waals surface area contributed by atoms with E-state index in [1.54, 1.807) is 0 Å². The molecule has 0 aromatic carbocycles. The molecule has 20 heteroatoms. The van der Waals surface area contributed by atoms with E-state index in [1.165, 1.54) is 308 Å². The van der Waals surface area contributed by atoms with E-state index in [1.807, 2.05) is 41.6 Å². The molecule has 3 N–H and O–H groups in total. The first kappa shape index (κ1) is 105. The summed E-state index contributed by atoms with van der Waals surface area (Å²) in [6, 6.07) is 0. The molecular formula is C74H151Br2KN6O9S2-2. The predicted octanol–water partition coefficient (Wildman–Crippen LogP) is 14.5. The van der Waals surface area contributed by atoms with Gasteiger partial charge in [-0.25, -0.2) is 21.8 Å². The Morgan fingerprint density at radius 3 is 0.798 bits per heavy atom. The quantitative estimate of drug-likeness (QED) is 0.0240. The normalized spacial score (nSPS) is 12.2. The number of aryl methyl sites for hydroxylation is 1. The minimum absolute atomic E-state index is 0. The molecule has 560 valence electrons. The van der Waals surface area contributed by atoms with E-state index in [0.29, 0.717) is 19.3 Å². The number of aliphatic hydroxyl groups is 3. The molecule has 0 fully saturated rings. The molecule has 0 amide bonds. The summed E-state index contributed by atoms with van der Waals surface area (Å²) in [5.41, 5.74) is 0. The Morgan fingerprint density at radius 2 is 0.628 bits per heavy atom. The molecule has 3 heterocycles. The van der Waals surface area contributed by atoms with E-state index in [-0.39, 0.29) is 95.0 Å². The Hall–Kier alpha value is 0.186. The summed E-state index contributed by atoms with van der Waals surface area (Å²) in [6.45, 7) is 14.4. The molecule has 15 nitrogen and oxygen atoms in total. The number of imidazole rings is 1. The number of unbranched alkanes of at least 4 members (excludes halogenated alkanes) is 46. The van der Waals surface area contributed by atoms with E-state index in [0.717, 1.165) is 51.1 Å². The zero-order valence-electron chi connectivity index (χ0n) is 61.2. The minimum atomic E-state index is -3.94. The van der Waals surface area contributed by atoms with Crippen LogP contribution < -0.4 is 68.4 Å². The van der Waals surface area contributed by atoms with Gasteiger partial charge >= 0.3 is 51.4 Å². The minimum Gasteiger partial charge on any atom is -1.00 e. The van der Waals surface area contributed by atoms with Crippen LogP contribution in [0, 0.1) is 0 Å². The van der Waals surface area contributed by atoms with Gasteiger partial charge in [0.1, 0.15) is 13.5 Å². The van der Waals surface area contributed by atoms with Crippen molar-refractivity contribution in [1.82, 2.24) is 29.2 Å². The molecule has 94 heavy (non-hydrogen) atoms. The van der Waals surface area contributed by atoms with Gasteiger partial charge in [-0.05, 0) is 32.1 Å². The largest absolute Gasteiger partial charge is 1.00 e. The molecule has 0 atom stereocenters. The molecule has 0 aliphatic carbocycles. The van der Waals surface area contributed by atoms with Crippen molar-refractivity contribution in [3.8, 4) is 0 Å². The molecule has 2 aliphatic heterocycles. The van der Waals surface area contributed by atoms with Gasteiger partial charge in [0.15, 0.2) is 0 Å². The number of rotatable bonds is 58. The van der Waals surface area contributed by atoms with Crippen LogP contribution in [0.1, 0.15) is 363 Å². The van der Waals surface area contributed by atoms with Crippen LogP contribution in [0.25, 0.3) is 0 Å². The SMILES string of the molecule is C.CCCCCCCCCCCCCCCCCCN1C=CN(CO)C1.CCCCCCCCCCCCCCCCCCN1C=CN(CO)C1.CCCCCCCCCCCCCCCCCCn1ccnc1.CCCCS(=O)(=O)[O-].CS(=O)(=O)[O-].OCCCBr.[Br-].[K+]. The molecule has 3 rings (SSSR count). The van der Waals surface area contributed by atoms with Gasteiger partial charge in [0.05, 0.1) is 39.9 Å². The van der Waals surface area contributed by atoms with Crippen LogP contribution in [0.5, 0.6) is 0 Å². The Morgan fingerprint density at radius 1 is 0.394 bits per heavy atom. The van der Waals surface area contributed by atoms with Gasteiger partial charge in [-0.1, -0.05) is 346 Å². The fourth-order valence-electron chi connectivity index (χ4n) is 10.9. The van der Waals surface area contributed by atoms with Gasteiger partial charge in [-0.2, -0.15) is 0 Å². The maximum Gasteiger partial charge on any atom is 1.00 e. The number of halogens is 2. The molecule has 1 aromatic rings. The summed E-state index contributed by atoms with van der Waals surface area (Å²) in [4.78, 5) is 12.5. The van der Waals surface area contributed by atoms with E-state index >= 15 is 0 Å². The fourth-order valence-corrected chi connectivity index (χ4v) is 11.8. The van der Waals surface area contributed by atoms with Gasteiger partial charge in [0.25, 0.3) is 0 Å². The van der Waals surface area contributed by atoms with Crippen LogP contribution in [0.3, 0.4) is 0 Å². The monoisotopic (exact) mass is 1530 g/mol. The summed E-state index contributed by atoms with van der Waals surface area (Å²) in [7, 11) is -7.85. The molecule has 2 aliphatic rings. The smallest absolute Gasteiger partial charge is 1.00 e. The standard InChI is InChI=1S/2C22H44N2O.C21H40N2.C4H10O3S.C3H7BrO.CH4O3S.CH4.BrH.K/c2*1-2-3-4-5-6-7-8-9-10-11-12-13-14-15-16-17-18-23-19-20-24(21-23)22-25;1-2-3-4-5-6-7-8-9-10-11-12-13-14-15-16-17-19-23-20-18-22-21-23;1-2-3-4-8(5,6)7;4-2-1-3-5;1-5(2,3)4;;;/h2*19-20,25H,2-18,21-22H2,1H3;18,20-21H,2-17,19H2,1H3;2-4H2,1H3,(H,5,6,7);5H,1-3H2;1H3,(H,2,3,4);1H4;1H;/q;;;;;;;;+1/p-3. The third-order valence-corrected chi connectivity index (χ3v) is 17.9. The second-order valence-corrected chi connectivity index (χ2v) is 29.5. The Kier molecular flexibility index (Phi) is 95.8. The van der Waals surface area contributed by atoms with Crippen LogP contribution >= 0.6 is 15.9 Å². The molecule has 0 saturated carbocycles. The van der Waals surface area contributed by atoms with Crippen LogP contribution in [-0.4, -0.2) is 134 Å². The second-order valence-electron chi connectivity index (χ2n) is 25.8. The molecular weight excluding hydrogens is 1380 g/mol.